The van der Waals surface area contributed by atoms with Gasteiger partial charge in [0.1, 0.15) is 5.58 Å². The van der Waals surface area contributed by atoms with Crippen molar-refractivity contribution in [1.29, 1.82) is 0 Å². The molecule has 0 N–H and O–H groups in total. The SMILES string of the molecule is CC(C)(C)c1cc2ccc3c4c5c(c6ccc(c1)c2c36)N(c1ccccc1C(C)(C)C)c1oc2ccccc2c1B5n1c2ccc(C(C)(C)C)cc2c2cc(C(C)(C)C)cc-4c21. The van der Waals surface area contributed by atoms with Gasteiger partial charge in [0.2, 0.25) is 5.88 Å². The van der Waals surface area contributed by atoms with Crippen molar-refractivity contribution in [3.8, 4) is 11.1 Å². The molecular weight excluding hydrogens is 751 g/mol. The van der Waals surface area contributed by atoms with Crippen LogP contribution in [0, 0.1) is 0 Å². The van der Waals surface area contributed by atoms with E-state index in [2.05, 4.69) is 208 Å². The van der Waals surface area contributed by atoms with Gasteiger partial charge in [-0.05, 0) is 113 Å². The highest BCUT2D eigenvalue weighted by Crippen LogP contribution is 2.54. The summed E-state index contributed by atoms with van der Waals surface area (Å²) >= 11 is 0. The molecule has 0 fully saturated rings. The third-order valence-electron chi connectivity index (χ3n) is 14.5. The molecule has 306 valence electrons. The summed E-state index contributed by atoms with van der Waals surface area (Å²) in [4.78, 5) is 2.54. The molecular formula is C58H55BN2O. The third-order valence-corrected chi connectivity index (χ3v) is 14.5. The van der Waals surface area contributed by atoms with Crippen LogP contribution in [0.15, 0.2) is 120 Å². The minimum atomic E-state index is -0.139. The lowest BCUT2D eigenvalue weighted by atomic mass is 9.44. The molecule has 0 amide bonds. The molecule has 0 spiro atoms. The maximum Gasteiger partial charge on any atom is 0.337 e. The highest BCUT2D eigenvalue weighted by molar-refractivity contribution is 6.92. The van der Waals surface area contributed by atoms with E-state index in [1.165, 1.54) is 110 Å². The molecule has 4 heteroatoms. The van der Waals surface area contributed by atoms with E-state index in [1.807, 2.05) is 0 Å². The average molecular weight is 807 g/mol. The summed E-state index contributed by atoms with van der Waals surface area (Å²) in [6, 6.07) is 44.7. The molecule has 2 aliphatic rings. The summed E-state index contributed by atoms with van der Waals surface area (Å²) in [7, 11) is 0. The number of para-hydroxylation sites is 2. The van der Waals surface area contributed by atoms with Crippen molar-refractivity contribution in [3.63, 3.8) is 0 Å². The number of benzene rings is 8. The fourth-order valence-corrected chi connectivity index (χ4v) is 11.3. The van der Waals surface area contributed by atoms with E-state index in [9.17, 15) is 0 Å². The standard InChI is InChI=1S/C58H55BN2O/c1-55(2,3)34-23-26-44-40(29-34)41-30-36(57(7,8)9)31-42-49-38-24-21-32-27-35(56(4,5)6)28-33-22-25-39(48(38)47(32)33)53-51(49)59(61(44)52(41)42)50-37-17-13-16-20-46(37)62-54(50)60(53)45-19-15-14-18-43(45)58(10,11)12/h13-31H,1-12H3. The van der Waals surface area contributed by atoms with Gasteiger partial charge in [-0.2, -0.15) is 0 Å². The Morgan fingerprint density at radius 1 is 0.484 bits per heavy atom. The molecule has 2 aliphatic heterocycles. The summed E-state index contributed by atoms with van der Waals surface area (Å²) in [6.07, 6.45) is 0. The van der Waals surface area contributed by atoms with Crippen LogP contribution in [0.25, 0.3) is 76.2 Å². The van der Waals surface area contributed by atoms with E-state index in [-0.39, 0.29) is 28.5 Å². The smallest absolute Gasteiger partial charge is 0.337 e. The zero-order valence-corrected chi connectivity index (χ0v) is 38.3. The molecule has 10 aromatic rings. The molecule has 0 unspecified atom stereocenters. The molecule has 0 saturated heterocycles. The van der Waals surface area contributed by atoms with Gasteiger partial charge < -0.3 is 8.90 Å². The summed E-state index contributed by atoms with van der Waals surface area (Å²) in [6.45, 7) is 28.0. The van der Waals surface area contributed by atoms with E-state index >= 15 is 0 Å². The first-order chi connectivity index (χ1) is 29.3. The van der Waals surface area contributed by atoms with E-state index in [4.69, 9.17) is 4.42 Å². The number of nitrogens with zero attached hydrogens (tertiary/aromatic N) is 2. The maximum atomic E-state index is 7.33. The topological polar surface area (TPSA) is 21.3 Å². The Morgan fingerprint density at radius 3 is 1.81 bits per heavy atom. The Balaban J connectivity index is 1.37. The van der Waals surface area contributed by atoms with Crippen molar-refractivity contribution < 1.29 is 4.42 Å². The lowest BCUT2D eigenvalue weighted by molar-refractivity contribution is 0.586. The summed E-state index contributed by atoms with van der Waals surface area (Å²) < 4.78 is 10.0. The van der Waals surface area contributed by atoms with Crippen LogP contribution in [0.3, 0.4) is 0 Å². The quantitative estimate of drug-likeness (QED) is 0.122. The Labute approximate surface area is 365 Å². The molecule has 3 nitrogen and oxygen atoms in total. The molecule has 62 heavy (non-hydrogen) atoms. The number of fused-ring (bicyclic) bond motifs is 11. The molecule has 0 radical (unpaired) electrons. The van der Waals surface area contributed by atoms with Crippen LogP contribution in [-0.4, -0.2) is 11.3 Å². The second-order valence-electron chi connectivity index (χ2n) is 22.6. The lowest BCUT2D eigenvalue weighted by Crippen LogP contribution is -2.56. The van der Waals surface area contributed by atoms with Gasteiger partial charge in [-0.15, -0.1) is 0 Å². The molecule has 0 saturated carbocycles. The van der Waals surface area contributed by atoms with E-state index in [0.29, 0.717) is 0 Å². The van der Waals surface area contributed by atoms with Crippen molar-refractivity contribution in [2.24, 2.45) is 0 Å². The van der Waals surface area contributed by atoms with Crippen molar-refractivity contribution >= 4 is 100 Å². The minimum Gasteiger partial charge on any atom is -0.440 e. The summed E-state index contributed by atoms with van der Waals surface area (Å²) in [5, 5.41) is 11.7. The Morgan fingerprint density at radius 2 is 1.11 bits per heavy atom. The third kappa shape index (κ3) is 4.95. The Bertz CT molecular complexity index is 3550. The molecule has 0 bridgehead atoms. The monoisotopic (exact) mass is 806 g/mol. The van der Waals surface area contributed by atoms with Crippen molar-refractivity contribution in [2.45, 2.75) is 105 Å². The second-order valence-corrected chi connectivity index (χ2v) is 22.6. The van der Waals surface area contributed by atoms with E-state index in [0.717, 1.165) is 17.2 Å². The normalized spacial score (nSPS) is 14.4. The number of rotatable bonds is 1. The largest absolute Gasteiger partial charge is 0.440 e. The van der Waals surface area contributed by atoms with Crippen LogP contribution in [0.5, 0.6) is 0 Å². The summed E-state index contributed by atoms with van der Waals surface area (Å²) in [5.41, 5.74) is 16.3. The highest BCUT2D eigenvalue weighted by atomic mass is 16.4. The van der Waals surface area contributed by atoms with Crippen LogP contribution in [-0.2, 0) is 21.7 Å². The zero-order valence-electron chi connectivity index (χ0n) is 38.3. The fraction of sp³-hybridized carbons (Fsp3) is 0.276. The molecule has 0 aliphatic carbocycles. The minimum absolute atomic E-state index is 0.00141. The fourth-order valence-electron chi connectivity index (χ4n) is 11.3. The van der Waals surface area contributed by atoms with Gasteiger partial charge in [-0.1, -0.05) is 162 Å². The van der Waals surface area contributed by atoms with Gasteiger partial charge >= 0.3 is 6.85 Å². The molecule has 12 rings (SSSR count). The zero-order chi connectivity index (χ0) is 43.2. The molecule has 8 aromatic carbocycles. The summed E-state index contributed by atoms with van der Waals surface area (Å²) in [5.74, 6) is 0.910. The first-order valence-corrected chi connectivity index (χ1v) is 22.6. The van der Waals surface area contributed by atoms with Crippen LogP contribution < -0.4 is 15.8 Å². The van der Waals surface area contributed by atoms with Gasteiger partial charge in [0.25, 0.3) is 0 Å². The van der Waals surface area contributed by atoms with Gasteiger partial charge in [0, 0.05) is 49.0 Å². The molecule has 0 atom stereocenters. The van der Waals surface area contributed by atoms with E-state index in [1.54, 1.807) is 0 Å². The average Bonchev–Trinajstić information content (AvgIpc) is 3.76. The van der Waals surface area contributed by atoms with Crippen molar-refractivity contribution in [3.05, 3.63) is 138 Å². The highest BCUT2D eigenvalue weighted by Gasteiger charge is 2.48. The number of anilines is 3. The Kier molecular flexibility index (Phi) is 7.26. The second kappa shape index (κ2) is 11.9. The van der Waals surface area contributed by atoms with Gasteiger partial charge in [-0.25, -0.2) is 0 Å². The lowest BCUT2D eigenvalue weighted by Gasteiger charge is -2.41. The van der Waals surface area contributed by atoms with Gasteiger partial charge in [-0.3, -0.25) is 4.90 Å². The maximum absolute atomic E-state index is 7.33. The number of furan rings is 1. The molecule has 2 aromatic heterocycles. The van der Waals surface area contributed by atoms with Crippen molar-refractivity contribution in [1.82, 2.24) is 4.48 Å². The van der Waals surface area contributed by atoms with Gasteiger partial charge in [0.05, 0.1) is 11.4 Å². The van der Waals surface area contributed by atoms with E-state index < -0.39 is 0 Å². The first-order valence-electron chi connectivity index (χ1n) is 22.6. The number of hydrogen-bond acceptors (Lipinski definition) is 2. The van der Waals surface area contributed by atoms with Crippen LogP contribution in [0.4, 0.5) is 17.3 Å². The van der Waals surface area contributed by atoms with Gasteiger partial charge in [0.15, 0.2) is 0 Å². The van der Waals surface area contributed by atoms with Crippen LogP contribution in [0.1, 0.15) is 105 Å². The van der Waals surface area contributed by atoms with Crippen LogP contribution in [0.2, 0.25) is 0 Å². The Hall–Kier alpha value is -6.00. The predicted molar refractivity (Wildman–Crippen MR) is 268 cm³/mol. The number of aromatic nitrogens is 1. The van der Waals surface area contributed by atoms with Crippen LogP contribution >= 0.6 is 0 Å². The van der Waals surface area contributed by atoms with Crippen molar-refractivity contribution in [2.75, 3.05) is 4.90 Å². The first kappa shape index (κ1) is 37.7. The number of hydrogen-bond donors (Lipinski definition) is 0. The predicted octanol–water partition coefficient (Wildman–Crippen LogP) is 15.0. The molecule has 4 heterocycles.